The molecule has 0 radical (unpaired) electrons. The molecule has 0 unspecified atom stereocenters. The van der Waals surface area contributed by atoms with Crippen molar-refractivity contribution in [1.82, 2.24) is 0 Å². The molecule has 0 saturated heterocycles. The fourth-order valence-electron chi connectivity index (χ4n) is 1.43. The second kappa shape index (κ2) is 5.65. The SMILES string of the molecule is C=COC(=O)c1ccccc1/C(=C/C)C(=O)O. The van der Waals surface area contributed by atoms with E-state index in [0.717, 1.165) is 6.26 Å². The molecule has 0 atom stereocenters. The number of benzene rings is 1. The van der Waals surface area contributed by atoms with Crippen molar-refractivity contribution >= 4 is 17.5 Å². The number of rotatable bonds is 4. The highest BCUT2D eigenvalue weighted by Crippen LogP contribution is 2.20. The molecular formula is C13H12O4. The highest BCUT2D eigenvalue weighted by atomic mass is 16.5. The second-order valence-corrected chi connectivity index (χ2v) is 3.13. The van der Waals surface area contributed by atoms with Gasteiger partial charge in [0, 0.05) is 5.56 Å². The molecule has 1 aromatic rings. The Morgan fingerprint density at radius 2 is 1.88 bits per heavy atom. The largest absolute Gasteiger partial charge is 0.478 e. The molecule has 4 nitrogen and oxygen atoms in total. The summed E-state index contributed by atoms with van der Waals surface area (Å²) in [6, 6.07) is 6.36. The number of hydrogen-bond donors (Lipinski definition) is 1. The van der Waals surface area contributed by atoms with E-state index in [9.17, 15) is 9.59 Å². The Bertz CT molecular complexity index is 486. The normalized spacial score (nSPS) is 10.8. The van der Waals surface area contributed by atoms with Crippen LogP contribution in [-0.4, -0.2) is 17.0 Å². The quantitative estimate of drug-likeness (QED) is 0.492. The fourth-order valence-corrected chi connectivity index (χ4v) is 1.43. The van der Waals surface area contributed by atoms with Gasteiger partial charge in [0.25, 0.3) is 0 Å². The monoisotopic (exact) mass is 232 g/mol. The van der Waals surface area contributed by atoms with Crippen LogP contribution in [0, 0.1) is 0 Å². The van der Waals surface area contributed by atoms with Crippen LogP contribution in [0.5, 0.6) is 0 Å². The van der Waals surface area contributed by atoms with E-state index in [-0.39, 0.29) is 11.1 Å². The van der Waals surface area contributed by atoms with Crippen LogP contribution in [0.2, 0.25) is 0 Å². The van der Waals surface area contributed by atoms with E-state index in [1.807, 2.05) is 0 Å². The predicted octanol–water partition coefficient (Wildman–Crippen LogP) is 2.47. The van der Waals surface area contributed by atoms with Crippen molar-refractivity contribution in [3.05, 3.63) is 54.3 Å². The molecule has 4 heteroatoms. The summed E-state index contributed by atoms with van der Waals surface area (Å²) in [7, 11) is 0. The molecule has 0 aliphatic heterocycles. The summed E-state index contributed by atoms with van der Waals surface area (Å²) < 4.78 is 4.65. The van der Waals surface area contributed by atoms with E-state index in [1.165, 1.54) is 12.1 Å². The molecule has 1 rings (SSSR count). The van der Waals surface area contributed by atoms with Crippen LogP contribution < -0.4 is 0 Å². The fraction of sp³-hybridized carbons (Fsp3) is 0.0769. The molecule has 0 fully saturated rings. The standard InChI is InChI=1S/C13H12O4/c1-3-9(12(14)15)10-7-5-6-8-11(10)13(16)17-4-2/h3-8H,2H2,1H3,(H,14,15)/b9-3-. The molecule has 0 heterocycles. The first-order valence-corrected chi connectivity index (χ1v) is 4.92. The Morgan fingerprint density at radius 1 is 1.29 bits per heavy atom. The van der Waals surface area contributed by atoms with Crippen molar-refractivity contribution < 1.29 is 19.4 Å². The first-order chi connectivity index (χ1) is 8.11. The maximum atomic E-state index is 11.6. The van der Waals surface area contributed by atoms with Crippen LogP contribution in [0.4, 0.5) is 0 Å². The molecule has 0 aliphatic carbocycles. The molecule has 0 saturated carbocycles. The van der Waals surface area contributed by atoms with Crippen LogP contribution in [0.25, 0.3) is 5.57 Å². The Morgan fingerprint density at radius 3 is 2.35 bits per heavy atom. The number of esters is 1. The number of ether oxygens (including phenoxy) is 1. The minimum Gasteiger partial charge on any atom is -0.478 e. The summed E-state index contributed by atoms with van der Waals surface area (Å²) in [5.41, 5.74) is 0.582. The number of carbonyl (C=O) groups excluding carboxylic acids is 1. The van der Waals surface area contributed by atoms with Gasteiger partial charge in [0.05, 0.1) is 17.4 Å². The lowest BCUT2D eigenvalue weighted by molar-refractivity contribution is -0.130. The number of hydrogen-bond acceptors (Lipinski definition) is 3. The number of aliphatic carboxylic acids is 1. The number of allylic oxidation sites excluding steroid dienone is 1. The lowest BCUT2D eigenvalue weighted by Gasteiger charge is -2.07. The third-order valence-electron chi connectivity index (χ3n) is 2.15. The minimum absolute atomic E-state index is 0.0570. The van der Waals surface area contributed by atoms with Gasteiger partial charge in [0.15, 0.2) is 0 Å². The summed E-state index contributed by atoms with van der Waals surface area (Å²) >= 11 is 0. The van der Waals surface area contributed by atoms with Gasteiger partial charge in [-0.15, -0.1) is 0 Å². The Hall–Kier alpha value is -2.36. The van der Waals surface area contributed by atoms with Gasteiger partial charge in [0.2, 0.25) is 0 Å². The molecular weight excluding hydrogens is 220 g/mol. The lowest BCUT2D eigenvalue weighted by Crippen LogP contribution is -2.08. The van der Waals surface area contributed by atoms with Crippen molar-refractivity contribution in [3.63, 3.8) is 0 Å². The van der Waals surface area contributed by atoms with E-state index in [2.05, 4.69) is 11.3 Å². The van der Waals surface area contributed by atoms with Crippen molar-refractivity contribution in [1.29, 1.82) is 0 Å². The molecule has 17 heavy (non-hydrogen) atoms. The smallest absolute Gasteiger partial charge is 0.343 e. The minimum atomic E-state index is -1.09. The lowest BCUT2D eigenvalue weighted by atomic mass is 9.99. The summed E-state index contributed by atoms with van der Waals surface area (Å²) in [5, 5.41) is 9.02. The van der Waals surface area contributed by atoms with Crippen molar-refractivity contribution in [2.75, 3.05) is 0 Å². The summed E-state index contributed by atoms with van der Waals surface area (Å²) in [4.78, 5) is 22.6. The van der Waals surface area contributed by atoms with E-state index < -0.39 is 11.9 Å². The van der Waals surface area contributed by atoms with Gasteiger partial charge in [-0.25, -0.2) is 9.59 Å². The summed E-state index contributed by atoms with van der Waals surface area (Å²) in [6.45, 7) is 4.88. The van der Waals surface area contributed by atoms with Gasteiger partial charge in [-0.05, 0) is 13.0 Å². The molecule has 0 aromatic heterocycles. The van der Waals surface area contributed by atoms with Crippen molar-refractivity contribution in [2.45, 2.75) is 6.92 Å². The zero-order valence-corrected chi connectivity index (χ0v) is 9.34. The van der Waals surface area contributed by atoms with E-state index in [1.54, 1.807) is 25.1 Å². The third-order valence-corrected chi connectivity index (χ3v) is 2.15. The second-order valence-electron chi connectivity index (χ2n) is 3.13. The number of carboxylic acid groups (broad SMARTS) is 1. The van der Waals surface area contributed by atoms with E-state index in [0.29, 0.717) is 5.56 Å². The molecule has 0 amide bonds. The first-order valence-electron chi connectivity index (χ1n) is 4.92. The van der Waals surface area contributed by atoms with Gasteiger partial charge in [-0.3, -0.25) is 0 Å². The Balaban J connectivity index is 3.29. The Labute approximate surface area is 98.8 Å². The molecule has 1 N–H and O–H groups in total. The van der Waals surface area contributed by atoms with Crippen LogP contribution in [0.15, 0.2) is 43.2 Å². The molecule has 0 spiro atoms. The van der Waals surface area contributed by atoms with E-state index in [4.69, 9.17) is 5.11 Å². The van der Waals surface area contributed by atoms with Crippen LogP contribution in [0.3, 0.4) is 0 Å². The van der Waals surface area contributed by atoms with Gasteiger partial charge in [-0.1, -0.05) is 30.9 Å². The van der Waals surface area contributed by atoms with Crippen LogP contribution in [0.1, 0.15) is 22.8 Å². The average molecular weight is 232 g/mol. The molecule has 1 aromatic carbocycles. The van der Waals surface area contributed by atoms with Crippen LogP contribution in [-0.2, 0) is 9.53 Å². The average Bonchev–Trinajstić information content (AvgIpc) is 2.30. The zero-order valence-electron chi connectivity index (χ0n) is 9.34. The molecule has 0 bridgehead atoms. The molecule has 0 aliphatic rings. The summed E-state index contributed by atoms with van der Waals surface area (Å²) in [6.07, 6.45) is 2.44. The first kappa shape index (κ1) is 12.7. The van der Waals surface area contributed by atoms with Gasteiger partial charge in [0.1, 0.15) is 0 Å². The van der Waals surface area contributed by atoms with Gasteiger partial charge in [-0.2, -0.15) is 0 Å². The molecule has 88 valence electrons. The van der Waals surface area contributed by atoms with Crippen LogP contribution >= 0.6 is 0 Å². The van der Waals surface area contributed by atoms with E-state index >= 15 is 0 Å². The highest BCUT2D eigenvalue weighted by Gasteiger charge is 2.18. The van der Waals surface area contributed by atoms with Crippen molar-refractivity contribution in [3.8, 4) is 0 Å². The predicted molar refractivity (Wildman–Crippen MR) is 63.3 cm³/mol. The topological polar surface area (TPSA) is 63.6 Å². The summed E-state index contributed by atoms with van der Waals surface area (Å²) in [5.74, 6) is -1.72. The maximum absolute atomic E-state index is 11.6. The van der Waals surface area contributed by atoms with Gasteiger partial charge < -0.3 is 9.84 Å². The highest BCUT2D eigenvalue weighted by molar-refractivity contribution is 6.17. The van der Waals surface area contributed by atoms with Gasteiger partial charge >= 0.3 is 11.9 Å². The number of carbonyl (C=O) groups is 2. The maximum Gasteiger partial charge on any atom is 0.343 e. The van der Waals surface area contributed by atoms with Crippen molar-refractivity contribution in [2.24, 2.45) is 0 Å². The Kier molecular flexibility index (Phi) is 4.22. The third kappa shape index (κ3) is 2.81. The number of carboxylic acids is 1. The zero-order chi connectivity index (χ0) is 12.8.